The van der Waals surface area contributed by atoms with Gasteiger partial charge < -0.3 is 10.6 Å². The SMILES string of the molecule is CN(CC(=O)NC(=O)NC(C)(C)C)CC1CCCN1. The number of carbonyl (C=O) groups excluding carboxylic acids is 2. The van der Waals surface area contributed by atoms with Crippen molar-refractivity contribution in [1.82, 2.24) is 20.9 Å². The number of nitrogens with one attached hydrogen (secondary N) is 3. The predicted molar refractivity (Wildman–Crippen MR) is 74.9 cm³/mol. The topological polar surface area (TPSA) is 73.5 Å². The van der Waals surface area contributed by atoms with E-state index in [-0.39, 0.29) is 18.0 Å². The molecular formula is C13H26N4O2. The first-order valence-corrected chi connectivity index (χ1v) is 6.80. The van der Waals surface area contributed by atoms with Crippen molar-refractivity contribution in [3.8, 4) is 0 Å². The minimum Gasteiger partial charge on any atom is -0.333 e. The molecule has 0 aromatic heterocycles. The monoisotopic (exact) mass is 270 g/mol. The van der Waals surface area contributed by atoms with Crippen LogP contribution in [0.1, 0.15) is 33.6 Å². The Morgan fingerprint density at radius 1 is 1.37 bits per heavy atom. The zero-order valence-electron chi connectivity index (χ0n) is 12.4. The number of rotatable bonds is 4. The van der Waals surface area contributed by atoms with Crippen molar-refractivity contribution < 1.29 is 9.59 Å². The first-order valence-electron chi connectivity index (χ1n) is 6.80. The van der Waals surface area contributed by atoms with Gasteiger partial charge >= 0.3 is 6.03 Å². The van der Waals surface area contributed by atoms with Crippen LogP contribution in [-0.4, -0.2) is 55.1 Å². The van der Waals surface area contributed by atoms with Crippen LogP contribution in [0, 0.1) is 0 Å². The Hall–Kier alpha value is -1.14. The van der Waals surface area contributed by atoms with Crippen LogP contribution in [0.3, 0.4) is 0 Å². The summed E-state index contributed by atoms with van der Waals surface area (Å²) in [5.74, 6) is -0.276. The summed E-state index contributed by atoms with van der Waals surface area (Å²) in [5.41, 5.74) is -0.343. The van der Waals surface area contributed by atoms with Gasteiger partial charge in [-0.2, -0.15) is 0 Å². The standard InChI is InChI=1S/C13H26N4O2/c1-13(2,3)16-12(19)15-11(18)9-17(4)8-10-6-5-7-14-10/h10,14H,5-9H2,1-4H3,(H2,15,16,18,19). The molecule has 0 saturated carbocycles. The third kappa shape index (κ3) is 7.12. The normalized spacial score (nSPS) is 19.5. The summed E-state index contributed by atoms with van der Waals surface area (Å²) >= 11 is 0. The van der Waals surface area contributed by atoms with Crippen LogP contribution in [0.5, 0.6) is 0 Å². The van der Waals surface area contributed by atoms with Crippen molar-refractivity contribution in [2.45, 2.75) is 45.2 Å². The molecule has 3 N–H and O–H groups in total. The number of hydrogen-bond donors (Lipinski definition) is 3. The zero-order chi connectivity index (χ0) is 14.5. The highest BCUT2D eigenvalue weighted by atomic mass is 16.2. The van der Waals surface area contributed by atoms with Crippen molar-refractivity contribution >= 4 is 11.9 Å². The Bertz CT molecular complexity index is 319. The smallest absolute Gasteiger partial charge is 0.321 e. The van der Waals surface area contributed by atoms with Crippen molar-refractivity contribution in [2.24, 2.45) is 0 Å². The van der Waals surface area contributed by atoms with Gasteiger partial charge in [0.15, 0.2) is 0 Å². The lowest BCUT2D eigenvalue weighted by Crippen LogP contribution is -2.50. The number of urea groups is 1. The predicted octanol–water partition coefficient (Wildman–Crippen LogP) is 0.295. The van der Waals surface area contributed by atoms with Gasteiger partial charge in [0.1, 0.15) is 0 Å². The summed E-state index contributed by atoms with van der Waals surface area (Å²) in [4.78, 5) is 25.1. The third-order valence-corrected chi connectivity index (χ3v) is 2.85. The molecule has 1 heterocycles. The van der Waals surface area contributed by atoms with Crippen LogP contribution < -0.4 is 16.0 Å². The van der Waals surface area contributed by atoms with Gasteiger partial charge in [-0.15, -0.1) is 0 Å². The molecule has 1 aliphatic heterocycles. The highest BCUT2D eigenvalue weighted by molar-refractivity contribution is 5.95. The first-order chi connectivity index (χ1) is 8.76. The highest BCUT2D eigenvalue weighted by Gasteiger charge is 2.19. The number of carbonyl (C=O) groups is 2. The maximum absolute atomic E-state index is 11.7. The van der Waals surface area contributed by atoms with E-state index in [2.05, 4.69) is 16.0 Å². The Kier molecular flexibility index (Phi) is 5.75. The van der Waals surface area contributed by atoms with Gasteiger partial charge in [-0.1, -0.05) is 0 Å². The quantitative estimate of drug-likeness (QED) is 0.687. The molecule has 0 radical (unpaired) electrons. The van der Waals surface area contributed by atoms with Crippen molar-refractivity contribution in [3.63, 3.8) is 0 Å². The number of likely N-dealkylation sites (N-methyl/N-ethyl adjacent to an activating group) is 1. The Morgan fingerprint density at radius 2 is 2.05 bits per heavy atom. The summed E-state index contributed by atoms with van der Waals surface area (Å²) < 4.78 is 0. The van der Waals surface area contributed by atoms with Gasteiger partial charge in [0.2, 0.25) is 5.91 Å². The number of hydrogen-bond acceptors (Lipinski definition) is 4. The van der Waals surface area contributed by atoms with Gasteiger partial charge in [-0.3, -0.25) is 15.0 Å². The Balaban J connectivity index is 2.24. The molecule has 1 saturated heterocycles. The minimum atomic E-state index is -0.440. The van der Waals surface area contributed by atoms with Crippen LogP contribution in [0.25, 0.3) is 0 Å². The van der Waals surface area contributed by atoms with Crippen LogP contribution >= 0.6 is 0 Å². The second-order valence-electron chi connectivity index (χ2n) is 6.24. The fraction of sp³-hybridized carbons (Fsp3) is 0.846. The second-order valence-corrected chi connectivity index (χ2v) is 6.24. The molecule has 110 valence electrons. The maximum atomic E-state index is 11.7. The maximum Gasteiger partial charge on any atom is 0.321 e. The van der Waals surface area contributed by atoms with E-state index in [1.54, 1.807) is 0 Å². The van der Waals surface area contributed by atoms with Crippen molar-refractivity contribution in [3.05, 3.63) is 0 Å². The number of nitrogens with zero attached hydrogens (tertiary/aromatic N) is 1. The lowest BCUT2D eigenvalue weighted by atomic mass is 10.1. The Morgan fingerprint density at radius 3 is 2.58 bits per heavy atom. The molecule has 0 bridgehead atoms. The highest BCUT2D eigenvalue weighted by Crippen LogP contribution is 2.05. The molecule has 1 fully saturated rings. The van der Waals surface area contributed by atoms with E-state index in [9.17, 15) is 9.59 Å². The zero-order valence-corrected chi connectivity index (χ0v) is 12.4. The van der Waals surface area contributed by atoms with E-state index in [0.717, 1.165) is 19.5 Å². The molecule has 1 rings (SSSR count). The van der Waals surface area contributed by atoms with E-state index in [0.29, 0.717) is 6.04 Å². The van der Waals surface area contributed by atoms with E-state index < -0.39 is 6.03 Å². The molecule has 6 heteroatoms. The van der Waals surface area contributed by atoms with Crippen molar-refractivity contribution in [2.75, 3.05) is 26.7 Å². The number of imide groups is 1. The molecule has 19 heavy (non-hydrogen) atoms. The molecule has 0 aliphatic carbocycles. The molecule has 6 nitrogen and oxygen atoms in total. The summed E-state index contributed by atoms with van der Waals surface area (Å²) in [6.07, 6.45) is 2.34. The fourth-order valence-electron chi connectivity index (χ4n) is 2.14. The van der Waals surface area contributed by atoms with Crippen LogP contribution in [-0.2, 0) is 4.79 Å². The largest absolute Gasteiger partial charge is 0.333 e. The van der Waals surface area contributed by atoms with Gasteiger partial charge in [-0.25, -0.2) is 4.79 Å². The lowest BCUT2D eigenvalue weighted by molar-refractivity contribution is -0.120. The molecule has 0 aromatic rings. The summed E-state index contributed by atoms with van der Waals surface area (Å²) in [6, 6.07) is 0.0195. The third-order valence-electron chi connectivity index (χ3n) is 2.85. The molecule has 0 aromatic carbocycles. The second kappa shape index (κ2) is 6.86. The van der Waals surface area contributed by atoms with E-state index in [1.807, 2.05) is 32.7 Å². The molecule has 3 amide bonds. The summed E-state index contributed by atoms with van der Waals surface area (Å²) in [7, 11) is 1.89. The lowest BCUT2D eigenvalue weighted by Gasteiger charge is -2.22. The molecular weight excluding hydrogens is 244 g/mol. The average Bonchev–Trinajstić information content (AvgIpc) is 2.65. The van der Waals surface area contributed by atoms with E-state index in [4.69, 9.17) is 0 Å². The van der Waals surface area contributed by atoms with E-state index >= 15 is 0 Å². The Labute approximate surface area is 115 Å². The van der Waals surface area contributed by atoms with Gasteiger partial charge in [0.25, 0.3) is 0 Å². The summed E-state index contributed by atoms with van der Waals surface area (Å²) in [6.45, 7) is 7.72. The molecule has 0 spiro atoms. The van der Waals surface area contributed by atoms with Crippen molar-refractivity contribution in [1.29, 1.82) is 0 Å². The van der Waals surface area contributed by atoms with Crippen LogP contribution in [0.2, 0.25) is 0 Å². The molecule has 1 unspecified atom stereocenters. The fourth-order valence-corrected chi connectivity index (χ4v) is 2.14. The molecule has 1 aliphatic rings. The molecule has 1 atom stereocenters. The van der Waals surface area contributed by atoms with Crippen LogP contribution in [0.4, 0.5) is 4.79 Å². The van der Waals surface area contributed by atoms with E-state index in [1.165, 1.54) is 6.42 Å². The first kappa shape index (κ1) is 15.9. The van der Waals surface area contributed by atoms with Gasteiger partial charge in [0, 0.05) is 18.1 Å². The van der Waals surface area contributed by atoms with Crippen LogP contribution in [0.15, 0.2) is 0 Å². The summed E-state index contributed by atoms with van der Waals surface area (Å²) in [5, 5.41) is 8.42. The number of amides is 3. The van der Waals surface area contributed by atoms with Gasteiger partial charge in [-0.05, 0) is 47.2 Å². The average molecular weight is 270 g/mol. The minimum absolute atomic E-state index is 0.232. The van der Waals surface area contributed by atoms with Gasteiger partial charge in [0.05, 0.1) is 6.54 Å².